The van der Waals surface area contributed by atoms with Gasteiger partial charge in [-0.05, 0) is 43.5 Å². The number of benzene rings is 1. The van der Waals surface area contributed by atoms with Crippen molar-refractivity contribution in [2.24, 2.45) is 0 Å². The number of hydrogen-bond acceptors (Lipinski definition) is 4. The van der Waals surface area contributed by atoms with Gasteiger partial charge in [-0.25, -0.2) is 13.2 Å². The smallest absolute Gasteiger partial charge is 0.315 e. The summed E-state index contributed by atoms with van der Waals surface area (Å²) in [6, 6.07) is 4.26. The SMILES string of the molecule is CC[C@@H](CS(=O)(=O)c1ccc(C)c(C)c1)NC(=O)NCCOC. The van der Waals surface area contributed by atoms with Crippen LogP contribution in [0.5, 0.6) is 0 Å². The van der Waals surface area contributed by atoms with Crippen molar-refractivity contribution >= 4 is 15.9 Å². The number of hydrogen-bond donors (Lipinski definition) is 2. The van der Waals surface area contributed by atoms with Crippen LogP contribution in [0.3, 0.4) is 0 Å². The number of carbonyl (C=O) groups is 1. The molecule has 0 fully saturated rings. The minimum absolute atomic E-state index is 0.121. The van der Waals surface area contributed by atoms with Crippen LogP contribution in [-0.2, 0) is 14.6 Å². The van der Waals surface area contributed by atoms with Gasteiger partial charge in [0.25, 0.3) is 0 Å². The van der Waals surface area contributed by atoms with Crippen molar-refractivity contribution in [3.05, 3.63) is 29.3 Å². The first-order valence-electron chi connectivity index (χ1n) is 7.63. The second kappa shape index (κ2) is 8.88. The molecule has 0 spiro atoms. The molecular weight excluding hydrogens is 316 g/mol. The summed E-state index contributed by atoms with van der Waals surface area (Å²) in [6.45, 7) is 6.45. The van der Waals surface area contributed by atoms with Crippen LogP contribution in [0.25, 0.3) is 0 Å². The standard InChI is InChI=1S/C16H26N2O4S/c1-5-14(18-16(19)17-8-9-22-4)11-23(20,21)15-7-6-12(2)13(3)10-15/h6-7,10,14H,5,8-9,11H2,1-4H3,(H2,17,18,19)/t14-/m0/s1. The van der Waals surface area contributed by atoms with E-state index in [1.54, 1.807) is 25.3 Å². The molecule has 1 rings (SSSR count). The van der Waals surface area contributed by atoms with E-state index in [1.807, 2.05) is 20.8 Å². The average molecular weight is 342 g/mol. The number of urea groups is 1. The largest absolute Gasteiger partial charge is 0.383 e. The molecule has 0 aromatic heterocycles. The molecule has 1 atom stereocenters. The Morgan fingerprint density at radius 3 is 2.52 bits per heavy atom. The van der Waals surface area contributed by atoms with E-state index in [-0.39, 0.29) is 11.8 Å². The molecule has 0 saturated heterocycles. The van der Waals surface area contributed by atoms with Gasteiger partial charge in [-0.3, -0.25) is 0 Å². The summed E-state index contributed by atoms with van der Waals surface area (Å²) in [6.07, 6.45) is 0.530. The Kier molecular flexibility index (Phi) is 7.51. The predicted molar refractivity (Wildman–Crippen MR) is 90.5 cm³/mol. The predicted octanol–water partition coefficient (Wildman–Crippen LogP) is 1.80. The van der Waals surface area contributed by atoms with Crippen molar-refractivity contribution in [3.8, 4) is 0 Å². The van der Waals surface area contributed by atoms with Crippen LogP contribution < -0.4 is 10.6 Å². The molecule has 0 bridgehead atoms. The molecule has 0 aliphatic carbocycles. The fraction of sp³-hybridized carbons (Fsp3) is 0.562. The summed E-state index contributed by atoms with van der Waals surface area (Å²) >= 11 is 0. The van der Waals surface area contributed by atoms with Gasteiger partial charge in [0, 0.05) is 19.7 Å². The highest BCUT2D eigenvalue weighted by molar-refractivity contribution is 7.91. The monoisotopic (exact) mass is 342 g/mol. The van der Waals surface area contributed by atoms with E-state index in [1.165, 1.54) is 0 Å². The van der Waals surface area contributed by atoms with Crippen LogP contribution >= 0.6 is 0 Å². The molecule has 2 amide bonds. The summed E-state index contributed by atoms with van der Waals surface area (Å²) in [4.78, 5) is 12.0. The number of carbonyl (C=O) groups excluding carboxylic acids is 1. The lowest BCUT2D eigenvalue weighted by molar-refractivity contribution is 0.195. The molecule has 6 nitrogen and oxygen atoms in total. The number of sulfone groups is 1. The first kappa shape index (κ1) is 19.4. The third-order valence-corrected chi connectivity index (χ3v) is 5.49. The molecule has 0 heterocycles. The van der Waals surface area contributed by atoms with Crippen molar-refractivity contribution < 1.29 is 17.9 Å². The van der Waals surface area contributed by atoms with Crippen molar-refractivity contribution in [2.75, 3.05) is 26.0 Å². The van der Waals surface area contributed by atoms with Crippen LogP contribution in [0.2, 0.25) is 0 Å². The number of amides is 2. The van der Waals surface area contributed by atoms with Crippen molar-refractivity contribution in [1.82, 2.24) is 10.6 Å². The maximum atomic E-state index is 12.5. The molecule has 1 aromatic rings. The fourth-order valence-electron chi connectivity index (χ4n) is 2.03. The second-order valence-corrected chi connectivity index (χ2v) is 7.56. The molecule has 1 aromatic carbocycles. The van der Waals surface area contributed by atoms with E-state index < -0.39 is 15.9 Å². The minimum atomic E-state index is -3.45. The van der Waals surface area contributed by atoms with Gasteiger partial charge in [-0.2, -0.15) is 0 Å². The third kappa shape index (κ3) is 6.19. The molecule has 0 saturated carbocycles. The summed E-state index contributed by atoms with van der Waals surface area (Å²) in [5.41, 5.74) is 1.98. The fourth-order valence-corrected chi connectivity index (χ4v) is 3.71. The maximum absolute atomic E-state index is 12.5. The van der Waals surface area contributed by atoms with E-state index in [0.717, 1.165) is 11.1 Å². The van der Waals surface area contributed by atoms with Crippen molar-refractivity contribution in [1.29, 1.82) is 0 Å². The van der Waals surface area contributed by atoms with E-state index >= 15 is 0 Å². The minimum Gasteiger partial charge on any atom is -0.383 e. The van der Waals surface area contributed by atoms with Gasteiger partial charge in [0.15, 0.2) is 9.84 Å². The topological polar surface area (TPSA) is 84.5 Å². The lowest BCUT2D eigenvalue weighted by Crippen LogP contribution is -2.45. The number of nitrogens with one attached hydrogen (secondary N) is 2. The summed E-state index contributed by atoms with van der Waals surface area (Å²) in [5.74, 6) is -0.121. The van der Waals surface area contributed by atoms with Crippen LogP contribution in [-0.4, -0.2) is 46.5 Å². The number of ether oxygens (including phenoxy) is 1. The first-order chi connectivity index (χ1) is 10.8. The first-order valence-corrected chi connectivity index (χ1v) is 9.28. The highest BCUT2D eigenvalue weighted by atomic mass is 32.2. The van der Waals surface area contributed by atoms with E-state index in [4.69, 9.17) is 4.74 Å². The van der Waals surface area contributed by atoms with Crippen LogP contribution in [0, 0.1) is 13.8 Å². The zero-order chi connectivity index (χ0) is 17.5. The Morgan fingerprint density at radius 2 is 1.96 bits per heavy atom. The van der Waals surface area contributed by atoms with E-state index in [9.17, 15) is 13.2 Å². The molecular formula is C16H26N2O4S. The molecule has 0 aliphatic rings. The van der Waals surface area contributed by atoms with Crippen LogP contribution in [0.4, 0.5) is 4.79 Å². The number of aryl methyl sites for hydroxylation is 2. The molecule has 2 N–H and O–H groups in total. The normalized spacial score (nSPS) is 12.7. The Hall–Kier alpha value is -1.60. The van der Waals surface area contributed by atoms with Gasteiger partial charge in [0.1, 0.15) is 0 Å². The van der Waals surface area contributed by atoms with Crippen LogP contribution in [0.15, 0.2) is 23.1 Å². The number of methoxy groups -OCH3 is 1. The van der Waals surface area contributed by atoms with Gasteiger partial charge in [0.05, 0.1) is 17.3 Å². The Balaban J connectivity index is 2.72. The zero-order valence-electron chi connectivity index (χ0n) is 14.2. The van der Waals surface area contributed by atoms with Gasteiger partial charge < -0.3 is 15.4 Å². The molecule has 130 valence electrons. The van der Waals surface area contributed by atoms with Gasteiger partial charge in [0.2, 0.25) is 0 Å². The van der Waals surface area contributed by atoms with E-state index in [0.29, 0.717) is 24.5 Å². The highest BCUT2D eigenvalue weighted by Gasteiger charge is 2.22. The molecule has 0 radical (unpaired) electrons. The molecule has 7 heteroatoms. The molecule has 0 unspecified atom stereocenters. The Morgan fingerprint density at radius 1 is 1.26 bits per heavy atom. The Labute approximate surface area is 138 Å². The summed E-state index contributed by atoms with van der Waals surface area (Å²) < 4.78 is 29.9. The number of rotatable bonds is 8. The van der Waals surface area contributed by atoms with Gasteiger partial charge in [-0.15, -0.1) is 0 Å². The summed E-state index contributed by atoms with van der Waals surface area (Å²) in [7, 11) is -1.90. The van der Waals surface area contributed by atoms with Crippen LogP contribution in [0.1, 0.15) is 24.5 Å². The zero-order valence-corrected chi connectivity index (χ0v) is 15.0. The highest BCUT2D eigenvalue weighted by Crippen LogP contribution is 2.17. The second-order valence-electron chi connectivity index (χ2n) is 5.53. The quantitative estimate of drug-likeness (QED) is 0.706. The van der Waals surface area contributed by atoms with Crippen molar-refractivity contribution in [3.63, 3.8) is 0 Å². The Bertz CT molecular complexity index is 629. The molecule has 23 heavy (non-hydrogen) atoms. The average Bonchev–Trinajstić information content (AvgIpc) is 2.49. The maximum Gasteiger partial charge on any atom is 0.315 e. The lowest BCUT2D eigenvalue weighted by atomic mass is 10.1. The lowest BCUT2D eigenvalue weighted by Gasteiger charge is -2.18. The third-order valence-electron chi connectivity index (χ3n) is 3.68. The van der Waals surface area contributed by atoms with E-state index in [2.05, 4.69) is 10.6 Å². The molecule has 0 aliphatic heterocycles. The summed E-state index contributed by atoms with van der Waals surface area (Å²) in [5, 5.41) is 5.31. The van der Waals surface area contributed by atoms with Gasteiger partial charge >= 0.3 is 6.03 Å². The van der Waals surface area contributed by atoms with Crippen molar-refractivity contribution in [2.45, 2.75) is 38.1 Å². The van der Waals surface area contributed by atoms with Gasteiger partial charge in [-0.1, -0.05) is 13.0 Å².